The molecule has 0 amide bonds. The van der Waals surface area contributed by atoms with Crippen LogP contribution >= 0.6 is 0 Å². The minimum absolute atomic E-state index is 0.0124. The lowest BCUT2D eigenvalue weighted by molar-refractivity contribution is 0.132. The molecule has 1 aromatic rings. The molecule has 1 N–H and O–H groups in total. The van der Waals surface area contributed by atoms with E-state index in [1.165, 1.54) is 0 Å². The van der Waals surface area contributed by atoms with Crippen LogP contribution in [0.15, 0.2) is 12.1 Å². The molecule has 0 unspecified atom stereocenters. The second-order valence-corrected chi connectivity index (χ2v) is 5.39. The third-order valence-corrected chi connectivity index (χ3v) is 2.50. The molecule has 0 aliphatic heterocycles. The summed E-state index contributed by atoms with van der Waals surface area (Å²) in [5.41, 5.74) is -0.122. The summed E-state index contributed by atoms with van der Waals surface area (Å²) < 4.78 is 44.6. The number of benzene rings is 1. The molecule has 0 radical (unpaired) electrons. The fourth-order valence-corrected chi connectivity index (χ4v) is 1.59. The van der Waals surface area contributed by atoms with Gasteiger partial charge < -0.3 is 10.1 Å². The van der Waals surface area contributed by atoms with E-state index in [-0.39, 0.29) is 24.1 Å². The molecule has 1 aromatic carbocycles. The van der Waals surface area contributed by atoms with E-state index in [0.717, 1.165) is 0 Å². The zero-order valence-corrected chi connectivity index (χ0v) is 11.5. The third-order valence-electron chi connectivity index (χ3n) is 2.50. The first-order valence-electron chi connectivity index (χ1n) is 6.26. The number of rotatable bonds is 6. The van der Waals surface area contributed by atoms with Crippen LogP contribution in [0.3, 0.4) is 0 Å². The summed E-state index contributed by atoms with van der Waals surface area (Å²) >= 11 is 0. The summed E-state index contributed by atoms with van der Waals surface area (Å²) in [5.74, 6) is -2.64. The van der Waals surface area contributed by atoms with E-state index in [9.17, 15) is 13.2 Å². The van der Waals surface area contributed by atoms with Gasteiger partial charge in [-0.1, -0.05) is 0 Å². The smallest absolute Gasteiger partial charge is 0.132 e. The van der Waals surface area contributed by atoms with Gasteiger partial charge in [-0.25, -0.2) is 13.2 Å². The number of nitrogens with one attached hydrogen (secondary N) is 1. The van der Waals surface area contributed by atoms with E-state index in [1.54, 1.807) is 0 Å². The maximum atomic E-state index is 13.3. The minimum atomic E-state index is -0.908. The number of halogens is 3. The second kappa shape index (κ2) is 6.91. The largest absolute Gasteiger partial charge is 0.380 e. The lowest BCUT2D eigenvalue weighted by atomic mass is 10.1. The van der Waals surface area contributed by atoms with Crippen LogP contribution in [0.2, 0.25) is 0 Å². The molecule has 1 rings (SSSR count). The van der Waals surface area contributed by atoms with Gasteiger partial charge in [0.15, 0.2) is 0 Å². The van der Waals surface area contributed by atoms with Gasteiger partial charge in [-0.05, 0) is 20.8 Å². The molecule has 0 atom stereocenters. The summed E-state index contributed by atoms with van der Waals surface area (Å²) in [4.78, 5) is 0. The van der Waals surface area contributed by atoms with Gasteiger partial charge in [-0.2, -0.15) is 0 Å². The van der Waals surface area contributed by atoms with Crippen molar-refractivity contribution in [3.63, 3.8) is 0 Å². The normalized spacial score (nSPS) is 11.9. The van der Waals surface area contributed by atoms with E-state index in [4.69, 9.17) is 4.74 Å². The van der Waals surface area contributed by atoms with Crippen LogP contribution in [0, 0.1) is 17.5 Å². The molecule has 0 saturated carbocycles. The van der Waals surface area contributed by atoms with Gasteiger partial charge >= 0.3 is 0 Å². The standard InChI is InChI=1S/C14H20F3NO/c1-14(2,3)18-5-7-19-6-4-11-12(16)8-10(15)9-13(11)17/h8-9,18H,4-7H2,1-3H3. The van der Waals surface area contributed by atoms with Crippen molar-refractivity contribution in [3.05, 3.63) is 35.1 Å². The summed E-state index contributed by atoms with van der Waals surface area (Å²) in [6.07, 6.45) is 0.0907. The average molecular weight is 275 g/mol. The quantitative estimate of drug-likeness (QED) is 0.806. The highest BCUT2D eigenvalue weighted by atomic mass is 19.1. The van der Waals surface area contributed by atoms with Gasteiger partial charge in [0.05, 0.1) is 13.2 Å². The Bertz CT molecular complexity index is 393. The SMILES string of the molecule is CC(C)(C)NCCOCCc1c(F)cc(F)cc1F. The maximum Gasteiger partial charge on any atom is 0.132 e. The molecule has 0 heterocycles. The third kappa shape index (κ3) is 6.07. The fraction of sp³-hybridized carbons (Fsp3) is 0.571. The first-order valence-corrected chi connectivity index (χ1v) is 6.26. The molecule has 19 heavy (non-hydrogen) atoms. The summed E-state index contributed by atoms with van der Waals surface area (Å²) in [7, 11) is 0. The van der Waals surface area contributed by atoms with E-state index in [1.807, 2.05) is 20.8 Å². The van der Waals surface area contributed by atoms with Gasteiger partial charge in [0.25, 0.3) is 0 Å². The monoisotopic (exact) mass is 275 g/mol. The molecule has 0 aliphatic rings. The molecule has 0 aliphatic carbocycles. The van der Waals surface area contributed by atoms with Crippen molar-refractivity contribution in [2.24, 2.45) is 0 Å². The Morgan fingerprint density at radius 2 is 1.63 bits per heavy atom. The minimum Gasteiger partial charge on any atom is -0.380 e. The summed E-state index contributed by atoms with van der Waals surface area (Å²) in [6, 6.07) is 1.36. The number of hydrogen-bond donors (Lipinski definition) is 1. The van der Waals surface area contributed by atoms with E-state index in [0.29, 0.717) is 25.3 Å². The molecule has 2 nitrogen and oxygen atoms in total. The highest BCUT2D eigenvalue weighted by molar-refractivity contribution is 5.20. The number of hydrogen-bond acceptors (Lipinski definition) is 2. The Labute approximate surface area is 112 Å². The summed E-state index contributed by atoms with van der Waals surface area (Å²) in [6.45, 7) is 7.44. The van der Waals surface area contributed by atoms with Crippen molar-refractivity contribution in [1.29, 1.82) is 0 Å². The van der Waals surface area contributed by atoms with Crippen LogP contribution in [0.4, 0.5) is 13.2 Å². The van der Waals surface area contributed by atoms with Crippen molar-refractivity contribution in [2.45, 2.75) is 32.7 Å². The van der Waals surface area contributed by atoms with Crippen molar-refractivity contribution in [1.82, 2.24) is 5.32 Å². The Morgan fingerprint density at radius 1 is 1.05 bits per heavy atom. The Balaban J connectivity index is 2.30. The topological polar surface area (TPSA) is 21.3 Å². The van der Waals surface area contributed by atoms with Crippen molar-refractivity contribution < 1.29 is 17.9 Å². The Morgan fingerprint density at radius 3 is 2.16 bits per heavy atom. The highest BCUT2D eigenvalue weighted by Gasteiger charge is 2.11. The van der Waals surface area contributed by atoms with Crippen LogP contribution in [-0.2, 0) is 11.2 Å². The first kappa shape index (κ1) is 16.0. The predicted molar refractivity (Wildman–Crippen MR) is 68.6 cm³/mol. The van der Waals surface area contributed by atoms with Gasteiger partial charge in [-0.15, -0.1) is 0 Å². The number of ether oxygens (including phenoxy) is 1. The Kier molecular flexibility index (Phi) is 5.82. The molecule has 0 fully saturated rings. The van der Waals surface area contributed by atoms with Crippen molar-refractivity contribution >= 4 is 0 Å². The van der Waals surface area contributed by atoms with Gasteiger partial charge in [-0.3, -0.25) is 0 Å². The molecule has 0 saturated heterocycles. The van der Waals surface area contributed by atoms with Crippen LogP contribution in [-0.4, -0.2) is 25.3 Å². The maximum absolute atomic E-state index is 13.3. The first-order chi connectivity index (χ1) is 8.79. The van der Waals surface area contributed by atoms with Crippen molar-refractivity contribution in [2.75, 3.05) is 19.8 Å². The van der Waals surface area contributed by atoms with Gasteiger partial charge in [0, 0.05) is 36.2 Å². The molecule has 0 bridgehead atoms. The highest BCUT2D eigenvalue weighted by Crippen LogP contribution is 2.15. The van der Waals surface area contributed by atoms with E-state index >= 15 is 0 Å². The summed E-state index contributed by atoms with van der Waals surface area (Å²) in [5, 5.41) is 3.23. The molecule has 0 spiro atoms. The zero-order valence-electron chi connectivity index (χ0n) is 11.5. The molecular formula is C14H20F3NO. The van der Waals surface area contributed by atoms with Crippen LogP contribution < -0.4 is 5.32 Å². The van der Waals surface area contributed by atoms with E-state index in [2.05, 4.69) is 5.32 Å². The molecule has 108 valence electrons. The van der Waals surface area contributed by atoms with Crippen LogP contribution in [0.1, 0.15) is 26.3 Å². The molecule has 5 heteroatoms. The molecule has 0 aromatic heterocycles. The zero-order chi connectivity index (χ0) is 14.5. The lowest BCUT2D eigenvalue weighted by Gasteiger charge is -2.20. The molecular weight excluding hydrogens is 255 g/mol. The van der Waals surface area contributed by atoms with Crippen LogP contribution in [0.5, 0.6) is 0 Å². The van der Waals surface area contributed by atoms with Crippen LogP contribution in [0.25, 0.3) is 0 Å². The lowest BCUT2D eigenvalue weighted by Crippen LogP contribution is -2.38. The second-order valence-electron chi connectivity index (χ2n) is 5.39. The Hall–Kier alpha value is -1.07. The van der Waals surface area contributed by atoms with E-state index < -0.39 is 17.5 Å². The average Bonchev–Trinajstić information content (AvgIpc) is 2.24. The van der Waals surface area contributed by atoms with Gasteiger partial charge in [0.2, 0.25) is 0 Å². The van der Waals surface area contributed by atoms with Crippen molar-refractivity contribution in [3.8, 4) is 0 Å². The fourth-order valence-electron chi connectivity index (χ4n) is 1.59. The predicted octanol–water partition coefficient (Wildman–Crippen LogP) is 3.05. The van der Waals surface area contributed by atoms with Gasteiger partial charge in [0.1, 0.15) is 17.5 Å².